The van der Waals surface area contributed by atoms with Crippen molar-refractivity contribution in [2.24, 2.45) is 0 Å². The molecule has 0 aliphatic rings. The van der Waals surface area contributed by atoms with Crippen molar-refractivity contribution in [2.75, 3.05) is 0 Å². The molecule has 1 nitrogen and oxygen atoms in total. The van der Waals surface area contributed by atoms with E-state index in [0.717, 1.165) is 0 Å². The molecule has 1 rings (SSSR count). The molecule has 1 aromatic carbocycles. The number of rotatable bonds is 2. The van der Waals surface area contributed by atoms with Gasteiger partial charge in [-0.3, -0.25) is 4.79 Å². The second-order valence-electron chi connectivity index (χ2n) is 2.13. The standard InChI is InChI=1S/C9H6Cl2O/c10-8-4-1-5-9(11)7(8)3-2-6-12/h1-6H/b3-2+. The number of halogens is 2. The summed E-state index contributed by atoms with van der Waals surface area (Å²) in [7, 11) is 0. The predicted molar refractivity (Wildman–Crippen MR) is 51.6 cm³/mol. The van der Waals surface area contributed by atoms with E-state index >= 15 is 0 Å². The van der Waals surface area contributed by atoms with Gasteiger partial charge in [0.05, 0.1) is 0 Å². The molecule has 0 fully saturated rings. The van der Waals surface area contributed by atoms with E-state index in [9.17, 15) is 4.79 Å². The summed E-state index contributed by atoms with van der Waals surface area (Å²) < 4.78 is 0. The maximum atomic E-state index is 10.0. The lowest BCUT2D eigenvalue weighted by Crippen LogP contribution is -1.76. The van der Waals surface area contributed by atoms with E-state index in [2.05, 4.69) is 0 Å². The van der Waals surface area contributed by atoms with E-state index in [1.165, 1.54) is 6.08 Å². The summed E-state index contributed by atoms with van der Waals surface area (Å²) in [5.41, 5.74) is 0.674. The Balaban J connectivity index is 3.12. The van der Waals surface area contributed by atoms with Crippen LogP contribution >= 0.6 is 23.2 Å². The Morgan fingerprint density at radius 1 is 1.17 bits per heavy atom. The fraction of sp³-hybridized carbons (Fsp3) is 0. The number of aldehydes is 1. The normalized spacial score (nSPS) is 10.5. The molecule has 0 amide bonds. The van der Waals surface area contributed by atoms with Crippen LogP contribution in [-0.4, -0.2) is 6.29 Å². The highest BCUT2D eigenvalue weighted by molar-refractivity contribution is 6.37. The van der Waals surface area contributed by atoms with Gasteiger partial charge in [0, 0.05) is 15.6 Å². The highest BCUT2D eigenvalue weighted by Crippen LogP contribution is 2.25. The van der Waals surface area contributed by atoms with Crippen molar-refractivity contribution in [1.82, 2.24) is 0 Å². The van der Waals surface area contributed by atoms with Crippen LogP contribution in [0.25, 0.3) is 6.08 Å². The van der Waals surface area contributed by atoms with Crippen molar-refractivity contribution in [3.63, 3.8) is 0 Å². The Morgan fingerprint density at radius 3 is 2.25 bits per heavy atom. The van der Waals surface area contributed by atoms with E-state index in [-0.39, 0.29) is 0 Å². The minimum Gasteiger partial charge on any atom is -0.299 e. The monoisotopic (exact) mass is 200 g/mol. The van der Waals surface area contributed by atoms with E-state index in [1.54, 1.807) is 24.3 Å². The van der Waals surface area contributed by atoms with Crippen molar-refractivity contribution >= 4 is 35.6 Å². The minimum atomic E-state index is 0.542. The molecule has 0 aromatic heterocycles. The van der Waals surface area contributed by atoms with E-state index in [1.807, 2.05) is 0 Å². The first-order valence-electron chi connectivity index (χ1n) is 3.31. The van der Waals surface area contributed by atoms with Gasteiger partial charge >= 0.3 is 0 Å². The smallest absolute Gasteiger partial charge is 0.142 e. The molecule has 1 aromatic rings. The number of hydrogen-bond donors (Lipinski definition) is 0. The lowest BCUT2D eigenvalue weighted by molar-refractivity contribution is -0.104. The number of carbonyl (C=O) groups excluding carboxylic acids is 1. The van der Waals surface area contributed by atoms with Gasteiger partial charge in [0.15, 0.2) is 0 Å². The van der Waals surface area contributed by atoms with Crippen molar-refractivity contribution in [1.29, 1.82) is 0 Å². The Kier molecular flexibility index (Phi) is 3.32. The Labute approximate surface area is 80.6 Å². The van der Waals surface area contributed by atoms with Gasteiger partial charge in [-0.2, -0.15) is 0 Å². The van der Waals surface area contributed by atoms with Crippen LogP contribution in [0.2, 0.25) is 10.0 Å². The summed E-state index contributed by atoms with van der Waals surface area (Å²) in [4.78, 5) is 10.0. The zero-order valence-electron chi connectivity index (χ0n) is 6.13. The second-order valence-corrected chi connectivity index (χ2v) is 2.94. The van der Waals surface area contributed by atoms with Crippen LogP contribution in [0.15, 0.2) is 24.3 Å². The van der Waals surface area contributed by atoms with Crippen LogP contribution in [-0.2, 0) is 4.79 Å². The van der Waals surface area contributed by atoms with Crippen LogP contribution < -0.4 is 0 Å². The number of carbonyl (C=O) groups is 1. The molecule has 0 spiro atoms. The van der Waals surface area contributed by atoms with Crippen molar-refractivity contribution in [2.45, 2.75) is 0 Å². The average Bonchev–Trinajstić information content (AvgIpc) is 2.04. The van der Waals surface area contributed by atoms with Gasteiger partial charge in [-0.05, 0) is 24.3 Å². The maximum absolute atomic E-state index is 10.0. The molecule has 0 saturated heterocycles. The number of hydrogen-bond acceptors (Lipinski definition) is 1. The van der Waals surface area contributed by atoms with Crippen LogP contribution in [0.5, 0.6) is 0 Å². The third kappa shape index (κ3) is 2.10. The highest BCUT2D eigenvalue weighted by atomic mass is 35.5. The third-order valence-corrected chi connectivity index (χ3v) is 2.00. The largest absolute Gasteiger partial charge is 0.299 e. The van der Waals surface area contributed by atoms with Gasteiger partial charge in [-0.15, -0.1) is 0 Å². The Bertz CT molecular complexity index is 298. The molecule has 0 bridgehead atoms. The van der Waals surface area contributed by atoms with Gasteiger partial charge < -0.3 is 0 Å². The summed E-state index contributed by atoms with van der Waals surface area (Å²) >= 11 is 11.6. The molecule has 0 radical (unpaired) electrons. The predicted octanol–water partition coefficient (Wildman–Crippen LogP) is 3.21. The SMILES string of the molecule is O=C/C=C/c1c(Cl)cccc1Cl. The molecule has 0 N–H and O–H groups in total. The average molecular weight is 201 g/mol. The fourth-order valence-corrected chi connectivity index (χ4v) is 1.33. The zero-order chi connectivity index (χ0) is 8.97. The van der Waals surface area contributed by atoms with Gasteiger partial charge in [0.2, 0.25) is 0 Å². The minimum absolute atomic E-state index is 0.542. The number of benzene rings is 1. The lowest BCUT2D eigenvalue weighted by atomic mass is 10.2. The first kappa shape index (κ1) is 9.30. The topological polar surface area (TPSA) is 17.1 Å². The summed E-state index contributed by atoms with van der Waals surface area (Å²) in [5, 5.41) is 1.08. The Hall–Kier alpha value is -0.790. The van der Waals surface area contributed by atoms with Crippen LogP contribution in [0.1, 0.15) is 5.56 Å². The van der Waals surface area contributed by atoms with Crippen molar-refractivity contribution in [3.8, 4) is 0 Å². The van der Waals surface area contributed by atoms with Gasteiger partial charge in [-0.1, -0.05) is 29.3 Å². The first-order chi connectivity index (χ1) is 5.75. The lowest BCUT2D eigenvalue weighted by Gasteiger charge is -1.98. The van der Waals surface area contributed by atoms with Crippen LogP contribution in [0.3, 0.4) is 0 Å². The molecule has 0 saturated carbocycles. The zero-order valence-corrected chi connectivity index (χ0v) is 7.64. The quantitative estimate of drug-likeness (QED) is 0.530. The maximum Gasteiger partial charge on any atom is 0.142 e. The highest BCUT2D eigenvalue weighted by Gasteiger charge is 1.99. The molecule has 0 atom stereocenters. The van der Waals surface area contributed by atoms with Crippen LogP contribution in [0, 0.1) is 0 Å². The fourth-order valence-electron chi connectivity index (χ4n) is 0.805. The second kappa shape index (κ2) is 4.29. The first-order valence-corrected chi connectivity index (χ1v) is 4.07. The summed E-state index contributed by atoms with van der Waals surface area (Å²) in [6, 6.07) is 5.19. The molecule has 0 unspecified atom stereocenters. The van der Waals surface area contributed by atoms with Gasteiger partial charge in [0.25, 0.3) is 0 Å². The molecular formula is C9H6Cl2O. The number of allylic oxidation sites excluding steroid dienone is 1. The molecule has 12 heavy (non-hydrogen) atoms. The molecule has 0 aliphatic carbocycles. The van der Waals surface area contributed by atoms with Crippen LogP contribution in [0.4, 0.5) is 0 Å². The van der Waals surface area contributed by atoms with E-state index < -0.39 is 0 Å². The third-order valence-electron chi connectivity index (χ3n) is 1.34. The van der Waals surface area contributed by atoms with Gasteiger partial charge in [-0.25, -0.2) is 0 Å². The van der Waals surface area contributed by atoms with Crippen molar-refractivity contribution < 1.29 is 4.79 Å². The molecule has 0 aliphatic heterocycles. The molecule has 62 valence electrons. The molecule has 3 heteroatoms. The van der Waals surface area contributed by atoms with E-state index in [0.29, 0.717) is 21.9 Å². The van der Waals surface area contributed by atoms with Gasteiger partial charge in [0.1, 0.15) is 6.29 Å². The molecule has 0 heterocycles. The van der Waals surface area contributed by atoms with Crippen molar-refractivity contribution in [3.05, 3.63) is 39.9 Å². The summed E-state index contributed by atoms with van der Waals surface area (Å²) in [6.07, 6.45) is 3.62. The molecular weight excluding hydrogens is 195 g/mol. The summed E-state index contributed by atoms with van der Waals surface area (Å²) in [5.74, 6) is 0. The van der Waals surface area contributed by atoms with E-state index in [4.69, 9.17) is 23.2 Å². The summed E-state index contributed by atoms with van der Waals surface area (Å²) in [6.45, 7) is 0. The Morgan fingerprint density at radius 2 is 1.75 bits per heavy atom.